The van der Waals surface area contributed by atoms with Gasteiger partial charge in [-0.15, -0.1) is 0 Å². The maximum Gasteiger partial charge on any atom is 0.435 e. The third-order valence-electron chi connectivity index (χ3n) is 4.42. The van der Waals surface area contributed by atoms with Gasteiger partial charge in [0.05, 0.1) is 17.9 Å². The average molecular weight is 341 g/mol. The molecule has 3 rings (SSSR count). The van der Waals surface area contributed by atoms with E-state index in [0.717, 1.165) is 34.1 Å². The number of alkyl halides is 3. The summed E-state index contributed by atoms with van der Waals surface area (Å²) in [5, 5.41) is 13.3. The fourth-order valence-corrected chi connectivity index (χ4v) is 3.00. The lowest BCUT2D eigenvalue weighted by Gasteiger charge is -2.21. The van der Waals surface area contributed by atoms with Crippen molar-refractivity contribution < 1.29 is 18.0 Å². The summed E-state index contributed by atoms with van der Waals surface area (Å²) in [6.07, 6.45) is -2.48. The second-order valence-corrected chi connectivity index (χ2v) is 6.07. The summed E-state index contributed by atoms with van der Waals surface area (Å²) >= 11 is 0. The van der Waals surface area contributed by atoms with Crippen LogP contribution < -0.4 is 5.32 Å². The molecule has 1 amide bonds. The zero-order valence-corrected chi connectivity index (χ0v) is 13.4. The van der Waals surface area contributed by atoms with E-state index in [9.17, 15) is 18.0 Å². The van der Waals surface area contributed by atoms with Crippen LogP contribution in [0.25, 0.3) is 0 Å². The van der Waals surface area contributed by atoms with E-state index in [1.165, 1.54) is 7.05 Å². The first-order chi connectivity index (χ1) is 11.3. The van der Waals surface area contributed by atoms with Gasteiger partial charge in [-0.1, -0.05) is 0 Å². The Kier molecular flexibility index (Phi) is 4.10. The molecule has 24 heavy (non-hydrogen) atoms. The molecule has 0 spiro atoms. The van der Waals surface area contributed by atoms with Crippen molar-refractivity contribution >= 4 is 5.91 Å². The first-order valence-electron chi connectivity index (χ1n) is 7.66. The summed E-state index contributed by atoms with van der Waals surface area (Å²) in [6, 6.07) is 0.958. The van der Waals surface area contributed by atoms with E-state index in [0.29, 0.717) is 18.5 Å². The average Bonchev–Trinajstić information content (AvgIpc) is 3.08. The Hall–Kier alpha value is -2.32. The van der Waals surface area contributed by atoms with Crippen LogP contribution in [0.3, 0.4) is 0 Å². The van der Waals surface area contributed by atoms with Crippen LogP contribution in [0.15, 0.2) is 6.07 Å². The Morgan fingerprint density at radius 1 is 1.50 bits per heavy atom. The minimum absolute atomic E-state index is 0.0200. The summed E-state index contributed by atoms with van der Waals surface area (Å²) in [5.74, 6) is -0.347. The van der Waals surface area contributed by atoms with Gasteiger partial charge in [-0.2, -0.15) is 23.4 Å². The summed E-state index contributed by atoms with van der Waals surface area (Å²) in [5.41, 5.74) is 2.39. The maximum atomic E-state index is 12.6. The Balaban J connectivity index is 1.63. The Labute approximate surface area is 136 Å². The van der Waals surface area contributed by atoms with E-state index >= 15 is 0 Å². The molecule has 0 radical (unpaired) electrons. The monoisotopic (exact) mass is 341 g/mol. The van der Waals surface area contributed by atoms with Crippen molar-refractivity contribution in [3.8, 4) is 0 Å². The fraction of sp³-hybridized carbons (Fsp3) is 0.533. The van der Waals surface area contributed by atoms with E-state index < -0.39 is 11.9 Å². The molecule has 2 aromatic rings. The molecule has 6 nitrogen and oxygen atoms in total. The van der Waals surface area contributed by atoms with Crippen molar-refractivity contribution in [3.05, 3.63) is 34.4 Å². The summed E-state index contributed by atoms with van der Waals surface area (Å²) in [4.78, 5) is 12.3. The molecule has 2 aromatic heterocycles. The molecule has 2 N–H and O–H groups in total. The van der Waals surface area contributed by atoms with Crippen molar-refractivity contribution in [3.63, 3.8) is 0 Å². The second-order valence-electron chi connectivity index (χ2n) is 6.07. The second kappa shape index (κ2) is 5.95. The third-order valence-corrected chi connectivity index (χ3v) is 4.42. The highest BCUT2D eigenvalue weighted by atomic mass is 19.4. The number of hydrogen-bond acceptors (Lipinski definition) is 3. The zero-order valence-electron chi connectivity index (χ0n) is 13.4. The van der Waals surface area contributed by atoms with Gasteiger partial charge in [0.15, 0.2) is 5.69 Å². The first-order valence-corrected chi connectivity index (χ1v) is 7.66. The van der Waals surface area contributed by atoms with E-state index in [1.807, 2.05) is 6.92 Å². The van der Waals surface area contributed by atoms with Gasteiger partial charge < -0.3 is 5.32 Å². The number of amides is 1. The highest BCUT2D eigenvalue weighted by Gasteiger charge is 2.34. The number of carbonyl (C=O) groups is 1. The normalized spacial score (nSPS) is 17.6. The lowest BCUT2D eigenvalue weighted by atomic mass is 9.86. The predicted octanol–water partition coefficient (Wildman–Crippen LogP) is 1.89. The molecule has 1 atom stereocenters. The maximum absolute atomic E-state index is 12.6. The lowest BCUT2D eigenvalue weighted by Crippen LogP contribution is -2.34. The summed E-state index contributed by atoms with van der Waals surface area (Å²) in [6.45, 7) is 1.94. The predicted molar refractivity (Wildman–Crippen MR) is 78.9 cm³/mol. The highest BCUT2D eigenvalue weighted by molar-refractivity contribution is 5.79. The number of hydrogen-bond donors (Lipinski definition) is 2. The van der Waals surface area contributed by atoms with Gasteiger partial charge in [-0.3, -0.25) is 14.6 Å². The number of fused-ring (bicyclic) bond motifs is 1. The van der Waals surface area contributed by atoms with Crippen LogP contribution >= 0.6 is 0 Å². The van der Waals surface area contributed by atoms with E-state index in [4.69, 9.17) is 0 Å². The van der Waals surface area contributed by atoms with Gasteiger partial charge >= 0.3 is 6.18 Å². The van der Waals surface area contributed by atoms with Crippen LogP contribution in [0.1, 0.15) is 34.8 Å². The molecule has 0 saturated heterocycles. The molecule has 9 heteroatoms. The number of halogens is 3. The highest BCUT2D eigenvalue weighted by Crippen LogP contribution is 2.29. The van der Waals surface area contributed by atoms with Gasteiger partial charge in [-0.25, -0.2) is 0 Å². The number of rotatable bonds is 3. The molecule has 1 aliphatic carbocycles. The smallest absolute Gasteiger partial charge is 0.350 e. The largest absolute Gasteiger partial charge is 0.435 e. The molecule has 2 heterocycles. The van der Waals surface area contributed by atoms with Crippen LogP contribution in [-0.2, 0) is 37.4 Å². The number of nitrogens with zero attached hydrogens (tertiary/aromatic N) is 3. The van der Waals surface area contributed by atoms with E-state index in [2.05, 4.69) is 20.6 Å². The zero-order chi connectivity index (χ0) is 17.5. The van der Waals surface area contributed by atoms with Crippen LogP contribution in [-0.4, -0.2) is 25.9 Å². The van der Waals surface area contributed by atoms with Gasteiger partial charge in [0.1, 0.15) is 0 Å². The third kappa shape index (κ3) is 3.15. The van der Waals surface area contributed by atoms with Crippen LogP contribution in [0.2, 0.25) is 0 Å². The lowest BCUT2D eigenvalue weighted by molar-refractivity contribution is -0.141. The SMILES string of the molecule is Cc1[nH]nc2c1CC(C(=O)NCc1cc(C(F)(F)F)nn1C)CC2. The van der Waals surface area contributed by atoms with Crippen molar-refractivity contribution in [2.45, 2.75) is 38.9 Å². The number of H-pyrrole nitrogens is 1. The molecular formula is C15H18F3N5O. The number of aryl methyl sites for hydroxylation is 3. The molecule has 0 aromatic carbocycles. The molecule has 1 unspecified atom stereocenters. The standard InChI is InChI=1S/C15H18F3N5O/c1-8-11-5-9(3-4-12(11)21-20-8)14(24)19-7-10-6-13(15(16,17)18)22-23(10)2/h6,9H,3-5,7H2,1-2H3,(H,19,24)(H,20,21). The first kappa shape index (κ1) is 16.5. The molecular weight excluding hydrogens is 323 g/mol. The van der Waals surface area contributed by atoms with Crippen molar-refractivity contribution in [1.82, 2.24) is 25.3 Å². The molecule has 0 aliphatic heterocycles. The number of aromatic amines is 1. The molecule has 1 aliphatic rings. The van der Waals surface area contributed by atoms with Gasteiger partial charge in [-0.05, 0) is 37.8 Å². The topological polar surface area (TPSA) is 75.6 Å². The van der Waals surface area contributed by atoms with Crippen molar-refractivity contribution in [2.75, 3.05) is 0 Å². The minimum atomic E-state index is -4.49. The molecule has 130 valence electrons. The van der Waals surface area contributed by atoms with E-state index in [-0.39, 0.29) is 18.4 Å². The minimum Gasteiger partial charge on any atom is -0.350 e. The van der Waals surface area contributed by atoms with Gasteiger partial charge in [0.2, 0.25) is 5.91 Å². The van der Waals surface area contributed by atoms with Crippen LogP contribution in [0, 0.1) is 12.8 Å². The molecule has 0 fully saturated rings. The number of carbonyl (C=O) groups excluding carboxylic acids is 1. The Bertz CT molecular complexity index is 762. The van der Waals surface area contributed by atoms with Crippen LogP contribution in [0.5, 0.6) is 0 Å². The fourth-order valence-electron chi connectivity index (χ4n) is 3.00. The quantitative estimate of drug-likeness (QED) is 0.895. The van der Waals surface area contributed by atoms with Gasteiger partial charge in [0.25, 0.3) is 0 Å². The number of nitrogens with one attached hydrogen (secondary N) is 2. The van der Waals surface area contributed by atoms with Gasteiger partial charge in [0, 0.05) is 18.7 Å². The van der Waals surface area contributed by atoms with E-state index in [1.54, 1.807) is 0 Å². The van der Waals surface area contributed by atoms with Crippen LogP contribution in [0.4, 0.5) is 13.2 Å². The summed E-state index contributed by atoms with van der Waals surface area (Å²) < 4.78 is 39.1. The summed E-state index contributed by atoms with van der Waals surface area (Å²) in [7, 11) is 1.43. The molecule has 0 saturated carbocycles. The molecule has 0 bridgehead atoms. The van der Waals surface area contributed by atoms with Crippen molar-refractivity contribution in [2.24, 2.45) is 13.0 Å². The Morgan fingerprint density at radius 3 is 2.92 bits per heavy atom. The number of aromatic nitrogens is 4. The Morgan fingerprint density at radius 2 is 2.25 bits per heavy atom. The van der Waals surface area contributed by atoms with Crippen molar-refractivity contribution in [1.29, 1.82) is 0 Å².